The van der Waals surface area contributed by atoms with E-state index in [1.54, 1.807) is 6.07 Å². The van der Waals surface area contributed by atoms with Crippen LogP contribution in [0.25, 0.3) is 10.9 Å². The Hall–Kier alpha value is -4.83. The fourth-order valence-electron chi connectivity index (χ4n) is 5.45. The lowest BCUT2D eigenvalue weighted by Gasteiger charge is -2.27. The molecule has 2 aliphatic rings. The SMILES string of the molecule is CC(C)(C)CNc1c(C#N)cnc2c(C#N)cc(N[C@H](C3=CN(C4(c5ccncc5)CC4)NN3)c3ccccc3Cl)cc12. The van der Waals surface area contributed by atoms with Crippen LogP contribution in [-0.2, 0) is 5.54 Å². The summed E-state index contributed by atoms with van der Waals surface area (Å²) in [7, 11) is 0. The Labute approximate surface area is 256 Å². The summed E-state index contributed by atoms with van der Waals surface area (Å²) in [5.74, 6) is 0. The zero-order valence-electron chi connectivity index (χ0n) is 24.2. The number of halogens is 1. The molecule has 0 spiro atoms. The van der Waals surface area contributed by atoms with Crippen molar-refractivity contribution in [3.63, 3.8) is 0 Å². The summed E-state index contributed by atoms with van der Waals surface area (Å²) in [6.45, 7) is 7.01. The number of hydrogen-bond acceptors (Lipinski definition) is 9. The molecule has 216 valence electrons. The van der Waals surface area contributed by atoms with E-state index in [1.807, 2.05) is 42.7 Å². The molecule has 0 bridgehead atoms. The predicted molar refractivity (Wildman–Crippen MR) is 168 cm³/mol. The summed E-state index contributed by atoms with van der Waals surface area (Å²) in [5.41, 5.74) is 12.2. The zero-order chi connectivity index (χ0) is 30.2. The van der Waals surface area contributed by atoms with Crippen LogP contribution >= 0.6 is 11.6 Å². The summed E-state index contributed by atoms with van der Waals surface area (Å²) in [6, 6.07) is 19.7. The Morgan fingerprint density at radius 2 is 1.81 bits per heavy atom. The predicted octanol–water partition coefficient (Wildman–Crippen LogP) is 6.49. The van der Waals surface area contributed by atoms with Gasteiger partial charge < -0.3 is 16.1 Å². The standard InChI is InChI=1S/C33H32ClN9/c1-32(2,3)20-39-30-22(17-36)18-38-29-21(16-35)14-24(15-26(29)30)40-31(25-6-4-5-7-27(25)34)28-19-43(42-41-28)33(10-11-33)23-8-12-37-13-9-23/h4-9,12-15,18-19,31,40-42H,10-11,20H2,1-3H3,(H,38,39)/t31-/m0/s1. The lowest BCUT2D eigenvalue weighted by molar-refractivity contribution is 0.176. The summed E-state index contributed by atoms with van der Waals surface area (Å²) in [4.78, 5) is 8.68. The smallest absolute Gasteiger partial charge is 0.103 e. The monoisotopic (exact) mass is 589 g/mol. The first-order valence-electron chi connectivity index (χ1n) is 14.2. The van der Waals surface area contributed by atoms with Gasteiger partial charge in [0, 0.05) is 47.4 Å². The minimum absolute atomic E-state index is 0.0277. The molecule has 1 aliphatic carbocycles. The van der Waals surface area contributed by atoms with Gasteiger partial charge in [-0.3, -0.25) is 15.0 Å². The molecule has 1 aliphatic heterocycles. The number of rotatable bonds is 8. The van der Waals surface area contributed by atoms with Gasteiger partial charge in [0.05, 0.1) is 39.6 Å². The van der Waals surface area contributed by atoms with Gasteiger partial charge in [0.2, 0.25) is 0 Å². The number of fused-ring (bicyclic) bond motifs is 1. The van der Waals surface area contributed by atoms with Gasteiger partial charge in [0.1, 0.15) is 12.1 Å². The van der Waals surface area contributed by atoms with Crippen LogP contribution < -0.4 is 21.6 Å². The van der Waals surface area contributed by atoms with E-state index < -0.39 is 0 Å². The van der Waals surface area contributed by atoms with Crippen LogP contribution in [0.2, 0.25) is 5.02 Å². The van der Waals surface area contributed by atoms with Crippen LogP contribution in [-0.4, -0.2) is 21.5 Å². The van der Waals surface area contributed by atoms with E-state index in [1.165, 1.54) is 11.8 Å². The molecule has 6 rings (SSSR count). The molecule has 9 nitrogen and oxygen atoms in total. The number of benzene rings is 2. The Morgan fingerprint density at radius 3 is 2.49 bits per heavy atom. The van der Waals surface area contributed by atoms with Crippen LogP contribution in [0, 0.1) is 28.1 Å². The molecule has 0 saturated heterocycles. The fraction of sp³-hybridized carbons (Fsp3) is 0.273. The first kappa shape index (κ1) is 28.3. The van der Waals surface area contributed by atoms with Crippen molar-refractivity contribution in [1.29, 1.82) is 10.5 Å². The molecular formula is C33H32ClN9. The normalized spacial score (nSPS) is 16.0. The average molecular weight is 590 g/mol. The molecular weight excluding hydrogens is 558 g/mol. The summed E-state index contributed by atoms with van der Waals surface area (Å²) in [5, 5.41) is 30.5. The maximum Gasteiger partial charge on any atom is 0.103 e. The molecule has 43 heavy (non-hydrogen) atoms. The van der Waals surface area contributed by atoms with Crippen molar-refractivity contribution in [3.05, 3.63) is 106 Å². The van der Waals surface area contributed by atoms with Gasteiger partial charge in [0.25, 0.3) is 0 Å². The van der Waals surface area contributed by atoms with Gasteiger partial charge in [-0.25, -0.2) is 0 Å². The van der Waals surface area contributed by atoms with Crippen LogP contribution in [0.5, 0.6) is 0 Å². The number of nitrogens with one attached hydrogen (secondary N) is 4. The fourth-order valence-corrected chi connectivity index (χ4v) is 5.70. The first-order valence-corrected chi connectivity index (χ1v) is 14.6. The molecule has 3 heterocycles. The van der Waals surface area contributed by atoms with Crippen LogP contribution in [0.1, 0.15) is 61.9 Å². The van der Waals surface area contributed by atoms with E-state index in [0.717, 1.165) is 24.1 Å². The summed E-state index contributed by atoms with van der Waals surface area (Å²) >= 11 is 6.76. The van der Waals surface area contributed by atoms with E-state index in [0.29, 0.717) is 45.0 Å². The molecule has 10 heteroatoms. The molecule has 2 aromatic carbocycles. The van der Waals surface area contributed by atoms with Crippen molar-refractivity contribution >= 4 is 33.9 Å². The molecule has 0 radical (unpaired) electrons. The molecule has 4 aromatic rings. The number of pyridine rings is 2. The third-order valence-electron chi connectivity index (χ3n) is 7.84. The van der Waals surface area contributed by atoms with Gasteiger partial charge in [-0.05, 0) is 59.7 Å². The number of aromatic nitrogens is 2. The molecule has 1 atom stereocenters. The number of hydrazine groups is 2. The number of nitriles is 2. The zero-order valence-corrected chi connectivity index (χ0v) is 25.0. The lowest BCUT2D eigenvalue weighted by Crippen LogP contribution is -2.43. The topological polar surface area (TPSA) is 125 Å². The van der Waals surface area contributed by atoms with E-state index >= 15 is 0 Å². The third-order valence-corrected chi connectivity index (χ3v) is 8.18. The molecule has 0 unspecified atom stereocenters. The molecule has 2 aromatic heterocycles. The van der Waals surface area contributed by atoms with Crippen LogP contribution in [0.3, 0.4) is 0 Å². The second kappa shape index (κ2) is 11.1. The Bertz CT molecular complexity index is 1790. The highest BCUT2D eigenvalue weighted by Gasteiger charge is 2.50. The van der Waals surface area contributed by atoms with Crippen molar-refractivity contribution in [2.45, 2.75) is 45.2 Å². The maximum absolute atomic E-state index is 10.1. The van der Waals surface area contributed by atoms with Crippen LogP contribution in [0.15, 0.2) is 79.0 Å². The van der Waals surface area contributed by atoms with E-state index in [4.69, 9.17) is 11.6 Å². The average Bonchev–Trinajstić information content (AvgIpc) is 3.67. The number of anilines is 2. The summed E-state index contributed by atoms with van der Waals surface area (Å²) in [6.07, 6.45) is 9.26. The van der Waals surface area contributed by atoms with Gasteiger partial charge in [-0.2, -0.15) is 10.5 Å². The van der Waals surface area contributed by atoms with Crippen molar-refractivity contribution in [2.75, 3.05) is 17.2 Å². The molecule has 1 saturated carbocycles. The molecule has 4 N–H and O–H groups in total. The van der Waals surface area contributed by atoms with Gasteiger partial charge in [0.15, 0.2) is 0 Å². The lowest BCUT2D eigenvalue weighted by atomic mass is 9.96. The van der Waals surface area contributed by atoms with Gasteiger partial charge >= 0.3 is 0 Å². The second-order valence-electron chi connectivity index (χ2n) is 12.2. The second-order valence-corrected chi connectivity index (χ2v) is 12.6. The van der Waals surface area contributed by atoms with Crippen LogP contribution in [0.4, 0.5) is 11.4 Å². The third kappa shape index (κ3) is 5.53. The number of hydrogen-bond donors (Lipinski definition) is 4. The minimum Gasteiger partial charge on any atom is -0.383 e. The summed E-state index contributed by atoms with van der Waals surface area (Å²) < 4.78 is 0. The van der Waals surface area contributed by atoms with Crippen molar-refractivity contribution in [3.8, 4) is 12.1 Å². The molecule has 0 amide bonds. The highest BCUT2D eigenvalue weighted by Crippen LogP contribution is 2.51. The Kier molecular flexibility index (Phi) is 7.31. The maximum atomic E-state index is 10.1. The number of nitrogens with zero attached hydrogens (tertiary/aromatic N) is 5. The highest BCUT2D eigenvalue weighted by molar-refractivity contribution is 6.31. The molecule has 1 fully saturated rings. The van der Waals surface area contributed by atoms with Crippen molar-refractivity contribution < 1.29 is 0 Å². The Morgan fingerprint density at radius 1 is 1.07 bits per heavy atom. The van der Waals surface area contributed by atoms with E-state index in [2.05, 4.69) is 87.8 Å². The Balaban J connectivity index is 1.42. The van der Waals surface area contributed by atoms with E-state index in [9.17, 15) is 10.5 Å². The van der Waals surface area contributed by atoms with Gasteiger partial charge in [-0.15, -0.1) is 5.53 Å². The largest absolute Gasteiger partial charge is 0.383 e. The van der Waals surface area contributed by atoms with Gasteiger partial charge in [-0.1, -0.05) is 50.6 Å². The van der Waals surface area contributed by atoms with E-state index in [-0.39, 0.29) is 17.0 Å². The van der Waals surface area contributed by atoms with Crippen molar-refractivity contribution in [1.82, 2.24) is 25.9 Å². The quantitative estimate of drug-likeness (QED) is 0.182. The first-order chi connectivity index (χ1) is 20.7. The highest BCUT2D eigenvalue weighted by atomic mass is 35.5. The minimum atomic E-state index is -0.387. The van der Waals surface area contributed by atoms with Crippen molar-refractivity contribution in [2.24, 2.45) is 5.41 Å².